The minimum Gasteiger partial charge on any atom is -0.493 e. The highest BCUT2D eigenvalue weighted by atomic mass is 16.5. The quantitative estimate of drug-likeness (QED) is 0.742. The normalized spacial score (nSPS) is 10.1. The van der Waals surface area contributed by atoms with E-state index < -0.39 is 0 Å². The maximum atomic E-state index is 10.9. The van der Waals surface area contributed by atoms with E-state index in [4.69, 9.17) is 9.47 Å². The van der Waals surface area contributed by atoms with E-state index in [1.165, 1.54) is 0 Å². The van der Waals surface area contributed by atoms with Gasteiger partial charge in [0.05, 0.1) is 14.2 Å². The average molecular weight is 195 g/mol. The molecule has 0 atom stereocenters. The summed E-state index contributed by atoms with van der Waals surface area (Å²) in [6.07, 6.45) is 0. The van der Waals surface area contributed by atoms with Crippen molar-refractivity contribution in [1.82, 2.24) is 0 Å². The third-order valence-corrected chi connectivity index (χ3v) is 2.49. The standard InChI is InChI=1S/C11H15O3/c1-7-8(2)11(14-4)10(13-3)5-9(7)6-12/h5H,6H2,1-4H3. The lowest BCUT2D eigenvalue weighted by Gasteiger charge is -2.14. The molecule has 1 rings (SSSR count). The van der Waals surface area contributed by atoms with Gasteiger partial charge in [0.2, 0.25) is 0 Å². The lowest BCUT2D eigenvalue weighted by Crippen LogP contribution is -1.99. The van der Waals surface area contributed by atoms with Crippen LogP contribution < -0.4 is 9.47 Å². The molecule has 0 amide bonds. The predicted octanol–water partition coefficient (Wildman–Crippen LogP) is 2.25. The van der Waals surface area contributed by atoms with E-state index in [2.05, 4.69) is 0 Å². The van der Waals surface area contributed by atoms with Crippen LogP contribution in [0, 0.1) is 13.8 Å². The summed E-state index contributed by atoms with van der Waals surface area (Å²) >= 11 is 0. The SMILES string of the molecule is COc1cc(C[O])c(C)c(C)c1OC. The molecule has 3 nitrogen and oxygen atoms in total. The van der Waals surface area contributed by atoms with Crippen LogP contribution >= 0.6 is 0 Å². The van der Waals surface area contributed by atoms with Crippen molar-refractivity contribution >= 4 is 0 Å². The molecule has 0 aliphatic carbocycles. The topological polar surface area (TPSA) is 38.4 Å². The summed E-state index contributed by atoms with van der Waals surface area (Å²) in [6, 6.07) is 1.74. The molecule has 1 aromatic carbocycles. The third kappa shape index (κ3) is 1.68. The van der Waals surface area contributed by atoms with Gasteiger partial charge in [0.15, 0.2) is 11.5 Å². The second-order valence-corrected chi connectivity index (χ2v) is 3.17. The first-order valence-corrected chi connectivity index (χ1v) is 4.44. The minimum absolute atomic E-state index is 0.229. The summed E-state index contributed by atoms with van der Waals surface area (Å²) in [5.74, 6) is 1.34. The van der Waals surface area contributed by atoms with Gasteiger partial charge in [0.1, 0.15) is 6.61 Å². The molecule has 0 aliphatic rings. The Balaban J connectivity index is 3.38. The van der Waals surface area contributed by atoms with E-state index >= 15 is 0 Å². The molecule has 0 fully saturated rings. The molecule has 0 bridgehead atoms. The van der Waals surface area contributed by atoms with Gasteiger partial charge in [-0.2, -0.15) is 0 Å². The highest BCUT2D eigenvalue weighted by Gasteiger charge is 2.13. The van der Waals surface area contributed by atoms with Gasteiger partial charge in [0.25, 0.3) is 0 Å². The highest BCUT2D eigenvalue weighted by molar-refractivity contribution is 5.53. The smallest absolute Gasteiger partial charge is 0.163 e. The molecular formula is C11H15O3. The van der Waals surface area contributed by atoms with Crippen LogP contribution in [0.4, 0.5) is 0 Å². The lowest BCUT2D eigenvalue weighted by molar-refractivity contribution is 0.176. The number of methoxy groups -OCH3 is 2. The minimum atomic E-state index is -0.229. The van der Waals surface area contributed by atoms with Gasteiger partial charge < -0.3 is 9.47 Å². The molecule has 0 saturated carbocycles. The summed E-state index contributed by atoms with van der Waals surface area (Å²) in [7, 11) is 3.17. The van der Waals surface area contributed by atoms with Crippen LogP contribution in [-0.2, 0) is 11.7 Å². The monoisotopic (exact) mass is 195 g/mol. The fourth-order valence-corrected chi connectivity index (χ4v) is 1.48. The number of ether oxygens (including phenoxy) is 2. The van der Waals surface area contributed by atoms with Gasteiger partial charge in [-0.1, -0.05) is 0 Å². The molecular weight excluding hydrogens is 180 g/mol. The first-order chi connectivity index (χ1) is 6.65. The molecule has 0 N–H and O–H groups in total. The van der Waals surface area contributed by atoms with Gasteiger partial charge in [0, 0.05) is 0 Å². The molecule has 1 aromatic rings. The summed E-state index contributed by atoms with van der Waals surface area (Å²) in [6.45, 7) is 3.62. The Bertz CT molecular complexity index is 332. The van der Waals surface area contributed by atoms with E-state index in [0.29, 0.717) is 11.5 Å². The van der Waals surface area contributed by atoms with E-state index in [-0.39, 0.29) is 6.61 Å². The van der Waals surface area contributed by atoms with Crippen molar-refractivity contribution in [2.45, 2.75) is 20.5 Å². The first-order valence-electron chi connectivity index (χ1n) is 4.44. The van der Waals surface area contributed by atoms with Crippen molar-refractivity contribution in [1.29, 1.82) is 0 Å². The number of benzene rings is 1. The summed E-state index contributed by atoms with van der Waals surface area (Å²) in [4.78, 5) is 0. The molecule has 0 aromatic heterocycles. The van der Waals surface area contributed by atoms with Crippen molar-refractivity contribution < 1.29 is 14.6 Å². The second kappa shape index (κ2) is 4.33. The van der Waals surface area contributed by atoms with Gasteiger partial charge in [-0.25, -0.2) is 5.11 Å². The number of hydrogen-bond acceptors (Lipinski definition) is 2. The van der Waals surface area contributed by atoms with E-state index in [1.54, 1.807) is 20.3 Å². The van der Waals surface area contributed by atoms with Crippen molar-refractivity contribution in [3.8, 4) is 11.5 Å². The lowest BCUT2D eigenvalue weighted by atomic mass is 10.0. The van der Waals surface area contributed by atoms with Crippen molar-refractivity contribution in [2.75, 3.05) is 14.2 Å². The predicted molar refractivity (Wildman–Crippen MR) is 53.4 cm³/mol. The Labute approximate surface area is 84.3 Å². The second-order valence-electron chi connectivity index (χ2n) is 3.17. The third-order valence-electron chi connectivity index (χ3n) is 2.49. The zero-order chi connectivity index (χ0) is 10.7. The van der Waals surface area contributed by atoms with Crippen molar-refractivity contribution in [3.63, 3.8) is 0 Å². The molecule has 0 heterocycles. The van der Waals surface area contributed by atoms with Crippen LogP contribution in [0.15, 0.2) is 6.07 Å². The van der Waals surface area contributed by atoms with Crippen LogP contribution in [0.25, 0.3) is 0 Å². The fraction of sp³-hybridized carbons (Fsp3) is 0.455. The van der Waals surface area contributed by atoms with E-state index in [1.807, 2.05) is 13.8 Å². The highest BCUT2D eigenvalue weighted by Crippen LogP contribution is 2.34. The van der Waals surface area contributed by atoms with Crippen LogP contribution in [0.3, 0.4) is 0 Å². The van der Waals surface area contributed by atoms with Gasteiger partial charge in [-0.15, -0.1) is 0 Å². The number of hydrogen-bond donors (Lipinski definition) is 0. The van der Waals surface area contributed by atoms with E-state index in [9.17, 15) is 5.11 Å². The molecule has 14 heavy (non-hydrogen) atoms. The molecule has 0 saturated heterocycles. The van der Waals surface area contributed by atoms with Crippen LogP contribution in [0.1, 0.15) is 16.7 Å². The molecule has 0 spiro atoms. The van der Waals surface area contributed by atoms with E-state index in [0.717, 1.165) is 16.7 Å². The maximum absolute atomic E-state index is 10.9. The maximum Gasteiger partial charge on any atom is 0.163 e. The van der Waals surface area contributed by atoms with Crippen LogP contribution in [0.2, 0.25) is 0 Å². The molecule has 1 radical (unpaired) electrons. The fourth-order valence-electron chi connectivity index (χ4n) is 1.48. The Morgan fingerprint density at radius 2 is 1.79 bits per heavy atom. The Hall–Kier alpha value is -1.22. The number of rotatable bonds is 3. The molecule has 0 aliphatic heterocycles. The molecule has 77 valence electrons. The summed E-state index contributed by atoms with van der Waals surface area (Å²) in [5, 5.41) is 10.9. The van der Waals surface area contributed by atoms with Gasteiger partial charge in [-0.3, -0.25) is 0 Å². The van der Waals surface area contributed by atoms with Gasteiger partial charge >= 0.3 is 0 Å². The largest absolute Gasteiger partial charge is 0.493 e. The van der Waals surface area contributed by atoms with Crippen LogP contribution in [0.5, 0.6) is 11.5 Å². The molecule has 0 unspecified atom stereocenters. The van der Waals surface area contributed by atoms with Gasteiger partial charge in [-0.05, 0) is 36.6 Å². The molecule has 3 heteroatoms. The zero-order valence-electron chi connectivity index (χ0n) is 9.01. The first kappa shape index (κ1) is 10.9. The van der Waals surface area contributed by atoms with Crippen molar-refractivity contribution in [3.05, 3.63) is 22.8 Å². The summed E-state index contributed by atoms with van der Waals surface area (Å²) < 4.78 is 10.4. The van der Waals surface area contributed by atoms with Crippen LogP contribution in [-0.4, -0.2) is 14.2 Å². The Morgan fingerprint density at radius 1 is 1.14 bits per heavy atom. The zero-order valence-corrected chi connectivity index (χ0v) is 9.01. The average Bonchev–Trinajstić information content (AvgIpc) is 2.21. The Kier molecular flexibility index (Phi) is 3.36. The Morgan fingerprint density at radius 3 is 2.21 bits per heavy atom. The van der Waals surface area contributed by atoms with Crippen molar-refractivity contribution in [2.24, 2.45) is 0 Å². The summed E-state index contributed by atoms with van der Waals surface area (Å²) in [5.41, 5.74) is 2.72.